The number of ether oxygens (including phenoxy) is 2. The highest BCUT2D eigenvalue weighted by molar-refractivity contribution is 5.77. The standard InChI is InChI=1S/C8H14O2.C6H15NO2/c1-2-3-4-5-6-7-8(9)10;1-8-5-3-7-4-6-9-2/h6-7H,2-5H2,1H3,(H,9,10);7H,3-6H2,1-2H3. The highest BCUT2D eigenvalue weighted by Gasteiger charge is 1.87. The van der Waals surface area contributed by atoms with Gasteiger partial charge >= 0.3 is 0 Å². The molecule has 0 saturated carbocycles. The number of unbranched alkanes of at least 4 members (excludes halogenated alkanes) is 3. The SMILES string of the molecule is CCCCCC=CC(=O)[O-].COCC[NH2+]CCOC. The Hall–Kier alpha value is -0.910. The van der Waals surface area contributed by atoms with Crippen molar-refractivity contribution in [2.24, 2.45) is 0 Å². The monoisotopic (exact) mass is 275 g/mol. The number of carbonyl (C=O) groups is 1. The van der Waals surface area contributed by atoms with Crippen molar-refractivity contribution in [3.63, 3.8) is 0 Å². The van der Waals surface area contributed by atoms with Crippen molar-refractivity contribution in [1.29, 1.82) is 0 Å². The summed E-state index contributed by atoms with van der Waals surface area (Å²) in [5, 5.41) is 12.0. The molecule has 2 N–H and O–H groups in total. The third-order valence-corrected chi connectivity index (χ3v) is 2.28. The van der Waals surface area contributed by atoms with Crippen LogP contribution in [0.2, 0.25) is 0 Å². The predicted molar refractivity (Wildman–Crippen MR) is 73.7 cm³/mol. The van der Waals surface area contributed by atoms with Gasteiger partial charge in [-0.2, -0.15) is 0 Å². The fraction of sp³-hybridized carbons (Fsp3) is 0.786. The van der Waals surface area contributed by atoms with E-state index in [0.29, 0.717) is 0 Å². The number of allylic oxidation sites excluding steroid dienone is 1. The number of methoxy groups -OCH3 is 2. The predicted octanol–water partition coefficient (Wildman–Crippen LogP) is -0.285. The lowest BCUT2D eigenvalue weighted by molar-refractivity contribution is -0.657. The van der Waals surface area contributed by atoms with Crippen LogP contribution in [-0.2, 0) is 14.3 Å². The van der Waals surface area contributed by atoms with Gasteiger partial charge < -0.3 is 24.7 Å². The number of carbonyl (C=O) groups excluding carboxylic acids is 1. The lowest BCUT2D eigenvalue weighted by Crippen LogP contribution is -2.86. The molecule has 19 heavy (non-hydrogen) atoms. The van der Waals surface area contributed by atoms with Gasteiger partial charge in [-0.3, -0.25) is 0 Å². The summed E-state index contributed by atoms with van der Waals surface area (Å²) in [4.78, 5) is 9.83. The van der Waals surface area contributed by atoms with Gasteiger partial charge in [-0.15, -0.1) is 0 Å². The molecule has 5 heteroatoms. The number of quaternary nitrogens is 1. The molecule has 0 aliphatic rings. The zero-order valence-corrected chi connectivity index (χ0v) is 12.5. The van der Waals surface area contributed by atoms with E-state index in [1.165, 1.54) is 6.42 Å². The number of hydrogen-bond donors (Lipinski definition) is 1. The van der Waals surface area contributed by atoms with E-state index >= 15 is 0 Å². The van der Waals surface area contributed by atoms with E-state index in [-0.39, 0.29) is 0 Å². The molecule has 114 valence electrons. The van der Waals surface area contributed by atoms with Crippen molar-refractivity contribution in [2.45, 2.75) is 32.6 Å². The fourth-order valence-corrected chi connectivity index (χ4v) is 1.24. The second kappa shape index (κ2) is 19.4. The molecule has 0 aliphatic heterocycles. The number of rotatable bonds is 11. The van der Waals surface area contributed by atoms with Crippen molar-refractivity contribution < 1.29 is 24.7 Å². The van der Waals surface area contributed by atoms with Gasteiger partial charge in [0, 0.05) is 14.2 Å². The summed E-state index contributed by atoms with van der Waals surface area (Å²) in [6.07, 6.45) is 6.99. The van der Waals surface area contributed by atoms with Crippen LogP contribution in [0.1, 0.15) is 32.6 Å². The Morgan fingerprint density at radius 2 is 1.74 bits per heavy atom. The van der Waals surface area contributed by atoms with Crippen LogP contribution < -0.4 is 10.4 Å². The van der Waals surface area contributed by atoms with Crippen LogP contribution in [0, 0.1) is 0 Å². The van der Waals surface area contributed by atoms with Gasteiger partial charge in [0.15, 0.2) is 0 Å². The molecule has 0 atom stereocenters. The van der Waals surface area contributed by atoms with E-state index in [1.807, 2.05) is 0 Å². The molecule has 0 amide bonds. The minimum atomic E-state index is -1.10. The van der Waals surface area contributed by atoms with Crippen LogP contribution in [0.4, 0.5) is 0 Å². The highest BCUT2D eigenvalue weighted by Crippen LogP contribution is 1.98. The van der Waals surface area contributed by atoms with Gasteiger partial charge in [-0.25, -0.2) is 0 Å². The van der Waals surface area contributed by atoms with Crippen molar-refractivity contribution in [2.75, 3.05) is 40.5 Å². The molecule has 0 aromatic rings. The Morgan fingerprint density at radius 1 is 1.16 bits per heavy atom. The minimum absolute atomic E-state index is 0.823. The molecule has 0 saturated heterocycles. The largest absolute Gasteiger partial charge is 0.545 e. The number of carboxylic acids is 1. The van der Waals surface area contributed by atoms with E-state index in [9.17, 15) is 9.90 Å². The summed E-state index contributed by atoms with van der Waals surface area (Å²) in [5.74, 6) is -1.10. The summed E-state index contributed by atoms with van der Waals surface area (Å²) in [6, 6.07) is 0. The van der Waals surface area contributed by atoms with E-state index in [1.54, 1.807) is 20.3 Å². The molecule has 5 nitrogen and oxygen atoms in total. The Morgan fingerprint density at radius 3 is 2.16 bits per heavy atom. The number of nitrogens with two attached hydrogens (primary N) is 1. The summed E-state index contributed by atoms with van der Waals surface area (Å²) < 4.78 is 9.70. The summed E-state index contributed by atoms with van der Waals surface area (Å²) >= 11 is 0. The lowest BCUT2D eigenvalue weighted by Gasteiger charge is -1.98. The topological polar surface area (TPSA) is 75.2 Å². The zero-order chi connectivity index (χ0) is 14.8. The van der Waals surface area contributed by atoms with Crippen molar-refractivity contribution in [3.05, 3.63) is 12.2 Å². The normalized spacial score (nSPS) is 10.3. The van der Waals surface area contributed by atoms with Crippen LogP contribution in [0.15, 0.2) is 12.2 Å². The van der Waals surface area contributed by atoms with Crippen LogP contribution in [0.5, 0.6) is 0 Å². The molecule has 0 aromatic carbocycles. The molecular weight excluding hydrogens is 246 g/mol. The van der Waals surface area contributed by atoms with E-state index < -0.39 is 5.97 Å². The molecule has 0 unspecified atom stereocenters. The molecule has 0 rings (SSSR count). The van der Waals surface area contributed by atoms with Gasteiger partial charge in [-0.05, 0) is 18.9 Å². The van der Waals surface area contributed by atoms with Gasteiger partial charge in [0.25, 0.3) is 0 Å². The minimum Gasteiger partial charge on any atom is -0.545 e. The van der Waals surface area contributed by atoms with Gasteiger partial charge in [0.05, 0.1) is 32.3 Å². The Labute approximate surface area is 117 Å². The average molecular weight is 275 g/mol. The second-order valence-corrected chi connectivity index (χ2v) is 4.07. The van der Waals surface area contributed by atoms with E-state index in [4.69, 9.17) is 9.47 Å². The smallest absolute Gasteiger partial charge is 0.0993 e. The number of carboxylic acid groups (broad SMARTS) is 1. The van der Waals surface area contributed by atoms with E-state index in [2.05, 4.69) is 12.2 Å². The Bertz CT molecular complexity index is 202. The van der Waals surface area contributed by atoms with Gasteiger partial charge in [-0.1, -0.05) is 25.8 Å². The molecular formula is C14H29NO4. The van der Waals surface area contributed by atoms with E-state index in [0.717, 1.165) is 51.6 Å². The molecule has 0 bridgehead atoms. The van der Waals surface area contributed by atoms with Crippen molar-refractivity contribution >= 4 is 5.97 Å². The summed E-state index contributed by atoms with van der Waals surface area (Å²) in [5.41, 5.74) is 0. The maximum Gasteiger partial charge on any atom is 0.0993 e. The van der Waals surface area contributed by atoms with Crippen LogP contribution in [0.3, 0.4) is 0 Å². The molecule has 0 heterocycles. The molecule has 0 aliphatic carbocycles. The third-order valence-electron chi connectivity index (χ3n) is 2.28. The zero-order valence-electron chi connectivity index (χ0n) is 12.5. The summed E-state index contributed by atoms with van der Waals surface area (Å²) in [7, 11) is 3.42. The maximum atomic E-state index is 9.83. The first-order chi connectivity index (χ1) is 9.18. The quantitative estimate of drug-likeness (QED) is 0.415. The van der Waals surface area contributed by atoms with Crippen LogP contribution in [-0.4, -0.2) is 46.5 Å². The first-order valence-corrected chi connectivity index (χ1v) is 6.86. The van der Waals surface area contributed by atoms with Crippen LogP contribution >= 0.6 is 0 Å². The summed E-state index contributed by atoms with van der Waals surface area (Å²) in [6.45, 7) is 5.82. The third kappa shape index (κ3) is 26.6. The molecule has 0 aromatic heterocycles. The Balaban J connectivity index is 0. The Kier molecular flexibility index (Phi) is 20.9. The number of aliphatic carboxylic acids is 1. The lowest BCUT2D eigenvalue weighted by atomic mass is 10.2. The molecule has 0 fully saturated rings. The number of hydrogen-bond acceptors (Lipinski definition) is 4. The van der Waals surface area contributed by atoms with Gasteiger partial charge in [0.1, 0.15) is 0 Å². The first kappa shape index (κ1) is 20.4. The fourth-order valence-electron chi connectivity index (χ4n) is 1.24. The second-order valence-electron chi connectivity index (χ2n) is 4.07. The van der Waals surface area contributed by atoms with Crippen molar-refractivity contribution in [1.82, 2.24) is 0 Å². The highest BCUT2D eigenvalue weighted by atomic mass is 16.5. The van der Waals surface area contributed by atoms with Gasteiger partial charge in [0.2, 0.25) is 0 Å². The van der Waals surface area contributed by atoms with Crippen molar-refractivity contribution in [3.8, 4) is 0 Å². The first-order valence-electron chi connectivity index (χ1n) is 6.86. The average Bonchev–Trinajstić information content (AvgIpc) is 2.39. The van der Waals surface area contributed by atoms with Crippen LogP contribution in [0.25, 0.3) is 0 Å². The maximum absolute atomic E-state index is 9.83. The molecule has 0 spiro atoms. The molecule has 0 radical (unpaired) electrons.